The zero-order valence-corrected chi connectivity index (χ0v) is 24.7. The minimum Gasteiger partial charge on any atom is -0.354 e. The second-order valence-corrected chi connectivity index (χ2v) is 12.4. The maximum atomic E-state index is 13.8. The van der Waals surface area contributed by atoms with Crippen LogP contribution in [0.25, 0.3) is 0 Å². The fourth-order valence-corrected chi connectivity index (χ4v) is 6.78. The summed E-state index contributed by atoms with van der Waals surface area (Å²) in [5.41, 5.74) is 1.90. The summed E-state index contributed by atoms with van der Waals surface area (Å²) in [7, 11) is -3.96. The van der Waals surface area contributed by atoms with E-state index in [1.54, 1.807) is 17.0 Å². The fraction of sp³-hybridized carbons (Fsp3) is 0.300. The Morgan fingerprint density at radius 2 is 1.68 bits per heavy atom. The molecule has 1 aliphatic rings. The molecule has 8 nitrogen and oxygen atoms in total. The van der Waals surface area contributed by atoms with Gasteiger partial charge in [-0.2, -0.15) is 0 Å². The normalized spacial score (nSPS) is 14.4. The summed E-state index contributed by atoms with van der Waals surface area (Å²) in [5.74, 6) is -1.13. The van der Waals surface area contributed by atoms with Crippen LogP contribution in [-0.2, 0) is 32.6 Å². The number of rotatable bonds is 12. The number of sulfonamides is 1. The zero-order valence-electron chi connectivity index (χ0n) is 22.3. The van der Waals surface area contributed by atoms with Crippen LogP contribution in [0.15, 0.2) is 88.2 Å². The Morgan fingerprint density at radius 1 is 0.975 bits per heavy atom. The predicted octanol–water partition coefficient (Wildman–Crippen LogP) is 4.54. The minimum atomic E-state index is -3.96. The van der Waals surface area contributed by atoms with Gasteiger partial charge >= 0.3 is 0 Å². The lowest BCUT2D eigenvalue weighted by Crippen LogP contribution is -2.50. The third-order valence-electron chi connectivity index (χ3n) is 6.73. The van der Waals surface area contributed by atoms with Gasteiger partial charge < -0.3 is 10.2 Å². The van der Waals surface area contributed by atoms with Gasteiger partial charge in [0.05, 0.1) is 5.56 Å². The van der Waals surface area contributed by atoms with Crippen molar-refractivity contribution in [3.8, 4) is 0 Å². The van der Waals surface area contributed by atoms with Crippen LogP contribution >= 0.6 is 15.9 Å². The topological polar surface area (TPSA) is 104 Å². The first-order valence-corrected chi connectivity index (χ1v) is 15.5. The maximum absolute atomic E-state index is 13.8. The average Bonchev–Trinajstić information content (AvgIpc) is 3.14. The third-order valence-corrected chi connectivity index (χ3v) is 9.06. The van der Waals surface area contributed by atoms with Gasteiger partial charge in [-0.25, -0.2) is 12.7 Å². The summed E-state index contributed by atoms with van der Waals surface area (Å²) in [4.78, 5) is 41.5. The van der Waals surface area contributed by atoms with Crippen molar-refractivity contribution in [2.45, 2.75) is 50.1 Å². The summed E-state index contributed by atoms with van der Waals surface area (Å²) in [6.45, 7) is 2.51. The molecule has 0 saturated heterocycles. The van der Waals surface area contributed by atoms with Crippen molar-refractivity contribution in [1.29, 1.82) is 0 Å². The van der Waals surface area contributed by atoms with E-state index in [9.17, 15) is 22.8 Å². The van der Waals surface area contributed by atoms with Crippen molar-refractivity contribution in [3.63, 3.8) is 0 Å². The molecule has 0 fully saturated rings. The van der Waals surface area contributed by atoms with Gasteiger partial charge in [-0.3, -0.25) is 14.4 Å². The van der Waals surface area contributed by atoms with E-state index in [2.05, 4.69) is 21.2 Å². The number of hydrogen-bond donors (Lipinski definition) is 1. The third kappa shape index (κ3) is 6.79. The highest BCUT2D eigenvalue weighted by Gasteiger charge is 2.40. The number of hydrogen-bond acceptors (Lipinski definition) is 5. The molecule has 10 heteroatoms. The molecule has 0 bridgehead atoms. The summed E-state index contributed by atoms with van der Waals surface area (Å²) in [6, 6.07) is 22.4. The van der Waals surface area contributed by atoms with Gasteiger partial charge in [-0.1, -0.05) is 77.5 Å². The number of benzene rings is 3. The molecule has 0 aromatic heterocycles. The molecular formula is C30H32BrN3O5S. The van der Waals surface area contributed by atoms with Gasteiger partial charge in [-0.05, 0) is 48.2 Å². The smallest absolute Gasteiger partial charge is 0.269 e. The van der Waals surface area contributed by atoms with E-state index >= 15 is 0 Å². The Hall–Kier alpha value is -3.50. The molecule has 210 valence electrons. The molecule has 4 rings (SSSR count). The van der Waals surface area contributed by atoms with Crippen molar-refractivity contribution in [1.82, 2.24) is 14.5 Å². The summed E-state index contributed by atoms with van der Waals surface area (Å²) in [6.07, 6.45) is 1.17. The molecule has 1 heterocycles. The van der Waals surface area contributed by atoms with E-state index in [0.29, 0.717) is 13.0 Å². The number of halogens is 1. The lowest BCUT2D eigenvalue weighted by molar-refractivity contribution is -0.141. The first-order chi connectivity index (χ1) is 19.2. The van der Waals surface area contributed by atoms with Crippen LogP contribution in [0.5, 0.6) is 0 Å². The number of nitrogens with zero attached hydrogens (tertiary/aromatic N) is 2. The molecule has 0 saturated carbocycles. The summed E-state index contributed by atoms with van der Waals surface area (Å²) < 4.78 is 27.5. The number of carbonyl (C=O) groups excluding carboxylic acids is 3. The van der Waals surface area contributed by atoms with Crippen LogP contribution in [0, 0.1) is 0 Å². The Bertz CT molecular complexity index is 1480. The first-order valence-electron chi connectivity index (χ1n) is 13.2. The molecule has 1 aliphatic heterocycles. The van der Waals surface area contributed by atoms with E-state index < -0.39 is 22.0 Å². The number of carbonyl (C=O) groups is 3. The predicted molar refractivity (Wildman–Crippen MR) is 156 cm³/mol. The molecule has 1 unspecified atom stereocenters. The van der Waals surface area contributed by atoms with Gasteiger partial charge in [0, 0.05) is 36.9 Å². The van der Waals surface area contributed by atoms with Crippen molar-refractivity contribution in [3.05, 3.63) is 100 Å². The monoisotopic (exact) mass is 625 g/mol. The molecule has 1 atom stereocenters. The molecule has 0 spiro atoms. The SMILES string of the molecule is CCCNC(=O)C(Cc1ccccc1)N(Cc1cccc(Br)c1)C(=O)CCCN1C(=O)c2ccccc2S1(=O)=O. The second-order valence-electron chi connectivity index (χ2n) is 9.63. The maximum Gasteiger partial charge on any atom is 0.269 e. The Kier molecular flexibility index (Phi) is 9.76. The van der Waals surface area contributed by atoms with E-state index in [1.807, 2.05) is 61.5 Å². The molecule has 3 aromatic rings. The number of amides is 3. The Balaban J connectivity index is 1.56. The van der Waals surface area contributed by atoms with Crippen LogP contribution in [0.3, 0.4) is 0 Å². The Morgan fingerprint density at radius 3 is 2.38 bits per heavy atom. The minimum absolute atomic E-state index is 0.0156. The van der Waals surface area contributed by atoms with E-state index in [-0.39, 0.29) is 48.2 Å². The lowest BCUT2D eigenvalue weighted by Gasteiger charge is -2.32. The number of fused-ring (bicyclic) bond motifs is 1. The van der Waals surface area contributed by atoms with E-state index in [4.69, 9.17) is 0 Å². The fourth-order valence-electron chi connectivity index (χ4n) is 4.72. The highest BCUT2D eigenvalue weighted by molar-refractivity contribution is 9.10. The van der Waals surface area contributed by atoms with Crippen LogP contribution in [-0.4, -0.2) is 54.5 Å². The largest absolute Gasteiger partial charge is 0.354 e. The molecule has 3 amide bonds. The van der Waals surface area contributed by atoms with Gasteiger partial charge in [0.15, 0.2) is 0 Å². The zero-order chi connectivity index (χ0) is 28.7. The van der Waals surface area contributed by atoms with Gasteiger partial charge in [0.1, 0.15) is 10.9 Å². The molecule has 0 aliphatic carbocycles. The van der Waals surface area contributed by atoms with E-state index in [0.717, 1.165) is 26.3 Å². The van der Waals surface area contributed by atoms with Crippen LogP contribution < -0.4 is 5.32 Å². The van der Waals surface area contributed by atoms with Crippen molar-refractivity contribution < 1.29 is 22.8 Å². The van der Waals surface area contributed by atoms with Crippen molar-refractivity contribution in [2.24, 2.45) is 0 Å². The van der Waals surface area contributed by atoms with Crippen LogP contribution in [0.4, 0.5) is 0 Å². The van der Waals surface area contributed by atoms with Gasteiger partial charge in [0.25, 0.3) is 15.9 Å². The molecular weight excluding hydrogens is 594 g/mol. The van der Waals surface area contributed by atoms with Crippen molar-refractivity contribution in [2.75, 3.05) is 13.1 Å². The van der Waals surface area contributed by atoms with Crippen LogP contribution in [0.2, 0.25) is 0 Å². The lowest BCUT2D eigenvalue weighted by atomic mass is 10.0. The standard InChI is InChI=1S/C30H32BrN3O5S/c1-2-17-32-29(36)26(20-22-10-4-3-5-11-22)33(21-23-12-8-13-24(31)19-23)28(35)16-9-18-34-30(37)25-14-6-7-15-27(25)40(34,38)39/h3-8,10-15,19,26H,2,9,16-18,20-21H2,1H3,(H,32,36). The highest BCUT2D eigenvalue weighted by Crippen LogP contribution is 2.30. The summed E-state index contributed by atoms with van der Waals surface area (Å²) in [5, 5.41) is 2.94. The molecule has 1 N–H and O–H groups in total. The molecule has 40 heavy (non-hydrogen) atoms. The van der Waals surface area contributed by atoms with E-state index in [1.165, 1.54) is 12.1 Å². The quantitative estimate of drug-likeness (QED) is 0.318. The molecule has 0 radical (unpaired) electrons. The average molecular weight is 627 g/mol. The van der Waals surface area contributed by atoms with Crippen molar-refractivity contribution >= 4 is 43.7 Å². The second kappa shape index (κ2) is 13.2. The van der Waals surface area contributed by atoms with Gasteiger partial charge in [0.2, 0.25) is 11.8 Å². The van der Waals surface area contributed by atoms with Gasteiger partial charge in [-0.15, -0.1) is 0 Å². The highest BCUT2D eigenvalue weighted by atomic mass is 79.9. The Labute approximate surface area is 243 Å². The summed E-state index contributed by atoms with van der Waals surface area (Å²) >= 11 is 3.47. The molecule has 3 aromatic carbocycles. The van der Waals surface area contributed by atoms with Crippen LogP contribution in [0.1, 0.15) is 47.7 Å². The number of nitrogens with one attached hydrogen (secondary N) is 1. The first kappa shape index (κ1) is 29.5.